The first-order chi connectivity index (χ1) is 9.40. The van der Waals surface area contributed by atoms with Crippen LogP contribution in [0.4, 0.5) is 0 Å². The third-order valence-electron chi connectivity index (χ3n) is 4.13. The average Bonchev–Trinajstić information content (AvgIpc) is 2.39. The lowest BCUT2D eigenvalue weighted by atomic mass is 9.86. The second-order valence-electron chi connectivity index (χ2n) is 5.92. The molecular formula is C14H26N2O4. The van der Waals surface area contributed by atoms with Gasteiger partial charge in [0.25, 0.3) is 0 Å². The van der Waals surface area contributed by atoms with Crippen molar-refractivity contribution in [2.45, 2.75) is 63.5 Å². The normalized spacial score (nSPS) is 33.7. The number of hydrogen-bond acceptors (Lipinski definition) is 4. The molecule has 0 aromatic carbocycles. The third-order valence-corrected chi connectivity index (χ3v) is 4.13. The Morgan fingerprint density at radius 3 is 1.30 bits per heavy atom. The maximum atomic E-state index is 10.4. The highest BCUT2D eigenvalue weighted by atomic mass is 16.4. The standard InChI is InChI=1S/2C7H13NO2/c2*8-6-3-1-2-5(4-6)7(9)10/h2*5-6H,1-4,8H2,(H,9,10)/t2*5-,6-/m00/s1. The number of aliphatic carboxylic acids is 2. The van der Waals surface area contributed by atoms with Gasteiger partial charge in [-0.2, -0.15) is 0 Å². The Morgan fingerprint density at radius 1 is 0.750 bits per heavy atom. The second kappa shape index (κ2) is 8.21. The van der Waals surface area contributed by atoms with Crippen molar-refractivity contribution in [2.24, 2.45) is 23.3 Å². The van der Waals surface area contributed by atoms with E-state index >= 15 is 0 Å². The molecular weight excluding hydrogens is 260 g/mol. The summed E-state index contributed by atoms with van der Waals surface area (Å²) >= 11 is 0. The van der Waals surface area contributed by atoms with Crippen molar-refractivity contribution >= 4 is 11.9 Å². The minimum Gasteiger partial charge on any atom is -0.481 e. The SMILES string of the molecule is N[C@H]1CCC[C@H](C(=O)O)C1.N[C@H]1CCC[C@H](C(=O)O)C1. The Morgan fingerprint density at radius 2 is 1.10 bits per heavy atom. The molecule has 2 rings (SSSR count). The fourth-order valence-electron chi connectivity index (χ4n) is 2.90. The van der Waals surface area contributed by atoms with Gasteiger partial charge in [0.05, 0.1) is 11.8 Å². The number of hydrogen-bond donors (Lipinski definition) is 4. The zero-order valence-electron chi connectivity index (χ0n) is 11.8. The van der Waals surface area contributed by atoms with Gasteiger partial charge < -0.3 is 21.7 Å². The van der Waals surface area contributed by atoms with Gasteiger partial charge in [0.2, 0.25) is 0 Å². The van der Waals surface area contributed by atoms with Crippen molar-refractivity contribution in [3.8, 4) is 0 Å². The summed E-state index contributed by atoms with van der Waals surface area (Å²) in [7, 11) is 0. The van der Waals surface area contributed by atoms with E-state index in [0.717, 1.165) is 38.5 Å². The lowest BCUT2D eigenvalue weighted by Crippen LogP contribution is -2.31. The topological polar surface area (TPSA) is 127 Å². The summed E-state index contributed by atoms with van der Waals surface area (Å²) in [6.45, 7) is 0. The highest BCUT2D eigenvalue weighted by Crippen LogP contribution is 2.23. The van der Waals surface area contributed by atoms with Crippen molar-refractivity contribution in [3.63, 3.8) is 0 Å². The largest absolute Gasteiger partial charge is 0.481 e. The maximum Gasteiger partial charge on any atom is 0.306 e. The number of carbonyl (C=O) groups is 2. The number of nitrogens with two attached hydrogens (primary N) is 2. The molecule has 0 saturated heterocycles. The summed E-state index contributed by atoms with van der Waals surface area (Å²) < 4.78 is 0. The summed E-state index contributed by atoms with van der Waals surface area (Å²) in [5.41, 5.74) is 11.2. The van der Waals surface area contributed by atoms with Gasteiger partial charge in [-0.1, -0.05) is 12.8 Å². The van der Waals surface area contributed by atoms with Gasteiger partial charge in [-0.05, 0) is 38.5 Å². The van der Waals surface area contributed by atoms with Gasteiger partial charge in [-0.25, -0.2) is 0 Å². The predicted molar refractivity (Wildman–Crippen MR) is 75.1 cm³/mol. The Bertz CT molecular complexity index is 303. The molecule has 0 amide bonds. The van der Waals surface area contributed by atoms with E-state index in [1.54, 1.807) is 0 Å². The van der Waals surface area contributed by atoms with Crippen molar-refractivity contribution in [3.05, 3.63) is 0 Å². The van der Waals surface area contributed by atoms with Crippen LogP contribution in [0.2, 0.25) is 0 Å². The fraction of sp³-hybridized carbons (Fsp3) is 0.857. The Balaban J connectivity index is 0.000000200. The van der Waals surface area contributed by atoms with Crippen LogP contribution in [-0.4, -0.2) is 34.2 Å². The molecule has 0 bridgehead atoms. The molecule has 20 heavy (non-hydrogen) atoms. The van der Waals surface area contributed by atoms with E-state index in [9.17, 15) is 9.59 Å². The van der Waals surface area contributed by atoms with E-state index in [0.29, 0.717) is 12.8 Å². The molecule has 6 N–H and O–H groups in total. The number of carboxylic acid groups (broad SMARTS) is 2. The first-order valence-corrected chi connectivity index (χ1v) is 7.37. The fourth-order valence-corrected chi connectivity index (χ4v) is 2.90. The number of rotatable bonds is 2. The summed E-state index contributed by atoms with van der Waals surface area (Å²) in [5, 5.41) is 17.2. The summed E-state index contributed by atoms with van der Waals surface area (Å²) in [5.74, 6) is -1.72. The molecule has 4 atom stereocenters. The third kappa shape index (κ3) is 5.88. The van der Waals surface area contributed by atoms with Crippen molar-refractivity contribution < 1.29 is 19.8 Å². The van der Waals surface area contributed by atoms with Gasteiger partial charge >= 0.3 is 11.9 Å². The molecule has 0 radical (unpaired) electrons. The minimum atomic E-state index is -0.685. The molecule has 6 heteroatoms. The van der Waals surface area contributed by atoms with Crippen LogP contribution in [0.3, 0.4) is 0 Å². The van der Waals surface area contributed by atoms with Crippen molar-refractivity contribution in [1.29, 1.82) is 0 Å². The molecule has 0 aromatic heterocycles. The second-order valence-corrected chi connectivity index (χ2v) is 5.92. The average molecular weight is 286 g/mol. The molecule has 0 spiro atoms. The molecule has 116 valence electrons. The Labute approximate surface area is 119 Å². The van der Waals surface area contributed by atoms with Gasteiger partial charge in [-0.3, -0.25) is 9.59 Å². The highest BCUT2D eigenvalue weighted by Gasteiger charge is 2.25. The van der Waals surface area contributed by atoms with Crippen molar-refractivity contribution in [1.82, 2.24) is 0 Å². The predicted octanol–water partition coefficient (Wildman–Crippen LogP) is 1.18. The molecule has 6 nitrogen and oxygen atoms in total. The van der Waals surface area contributed by atoms with Crippen LogP contribution >= 0.6 is 0 Å². The first-order valence-electron chi connectivity index (χ1n) is 7.37. The van der Waals surface area contributed by atoms with E-state index in [1.165, 1.54) is 0 Å². The van der Waals surface area contributed by atoms with Crippen LogP contribution in [0.15, 0.2) is 0 Å². The van der Waals surface area contributed by atoms with Gasteiger partial charge in [0.15, 0.2) is 0 Å². The Kier molecular flexibility index (Phi) is 6.95. The van der Waals surface area contributed by atoms with Gasteiger partial charge in [0, 0.05) is 12.1 Å². The minimum absolute atomic E-state index is 0.120. The van der Waals surface area contributed by atoms with E-state index < -0.39 is 11.9 Å². The van der Waals surface area contributed by atoms with Crippen molar-refractivity contribution in [2.75, 3.05) is 0 Å². The van der Waals surface area contributed by atoms with Crippen LogP contribution in [0, 0.1) is 11.8 Å². The molecule has 2 fully saturated rings. The summed E-state index contributed by atoms with van der Waals surface area (Å²) in [6.07, 6.45) is 6.86. The van der Waals surface area contributed by atoms with Gasteiger partial charge in [-0.15, -0.1) is 0 Å². The smallest absolute Gasteiger partial charge is 0.306 e. The van der Waals surface area contributed by atoms with Crippen LogP contribution < -0.4 is 11.5 Å². The van der Waals surface area contributed by atoms with Crippen LogP contribution in [0.5, 0.6) is 0 Å². The van der Waals surface area contributed by atoms with Gasteiger partial charge in [0.1, 0.15) is 0 Å². The maximum absolute atomic E-state index is 10.4. The van der Waals surface area contributed by atoms with E-state index in [4.69, 9.17) is 21.7 Å². The molecule has 2 aliphatic rings. The quantitative estimate of drug-likeness (QED) is 0.603. The summed E-state index contributed by atoms with van der Waals surface area (Å²) in [6, 6.07) is 0.240. The highest BCUT2D eigenvalue weighted by molar-refractivity contribution is 5.70. The molecule has 2 aliphatic carbocycles. The van der Waals surface area contributed by atoms with E-state index in [2.05, 4.69) is 0 Å². The van der Waals surface area contributed by atoms with Crippen LogP contribution in [0.25, 0.3) is 0 Å². The van der Waals surface area contributed by atoms with E-state index in [1.807, 2.05) is 0 Å². The van der Waals surface area contributed by atoms with Crippen LogP contribution in [0.1, 0.15) is 51.4 Å². The van der Waals surface area contributed by atoms with E-state index in [-0.39, 0.29) is 23.9 Å². The van der Waals surface area contributed by atoms with Crippen LogP contribution in [-0.2, 0) is 9.59 Å². The molecule has 0 unspecified atom stereocenters. The molecule has 0 aromatic rings. The zero-order valence-corrected chi connectivity index (χ0v) is 11.8. The monoisotopic (exact) mass is 286 g/mol. The lowest BCUT2D eigenvalue weighted by molar-refractivity contribution is -0.143. The zero-order chi connectivity index (χ0) is 15.1. The summed E-state index contributed by atoms with van der Waals surface area (Å²) in [4.78, 5) is 20.9. The first kappa shape index (κ1) is 16.9. The Hall–Kier alpha value is -1.14. The molecule has 0 heterocycles. The molecule has 2 saturated carbocycles. The molecule has 0 aliphatic heterocycles. The number of carboxylic acids is 2. The lowest BCUT2D eigenvalue weighted by Gasteiger charge is -2.22.